The Kier molecular flexibility index (Phi) is 7.71. The molecule has 4 atom stereocenters. The molecule has 154 valence electrons. The molecule has 1 heterocycles. The smallest absolute Gasteiger partial charge is 0.328 e. The Balaban J connectivity index is 1.95. The molecule has 1 aliphatic rings. The third-order valence-corrected chi connectivity index (χ3v) is 4.69. The first kappa shape index (κ1) is 21.9. The molecule has 1 saturated heterocycles. The predicted molar refractivity (Wildman–Crippen MR) is 102 cm³/mol. The molecule has 1 aromatic carbocycles. The van der Waals surface area contributed by atoms with Crippen LogP contribution in [0.4, 0.5) is 0 Å². The zero-order valence-electron chi connectivity index (χ0n) is 16.3. The number of piperazine rings is 1. The molecule has 0 aromatic heterocycles. The van der Waals surface area contributed by atoms with E-state index in [0.29, 0.717) is 6.42 Å². The van der Waals surface area contributed by atoms with E-state index in [1.54, 1.807) is 6.92 Å². The van der Waals surface area contributed by atoms with Crippen molar-refractivity contribution >= 4 is 23.7 Å². The number of rotatable bonds is 8. The van der Waals surface area contributed by atoms with Crippen molar-refractivity contribution in [2.24, 2.45) is 5.92 Å². The third kappa shape index (κ3) is 6.04. The van der Waals surface area contributed by atoms with Gasteiger partial charge in [-0.25, -0.2) is 4.79 Å². The number of hydrogen-bond acceptors (Lipinski definition) is 6. The van der Waals surface area contributed by atoms with E-state index in [1.165, 1.54) is 7.11 Å². The molecule has 29 heavy (non-hydrogen) atoms. The summed E-state index contributed by atoms with van der Waals surface area (Å²) in [4.78, 5) is 48.9. The molecule has 3 N–H and O–H groups in total. The zero-order chi connectivity index (χ0) is 21.4. The minimum absolute atomic E-state index is 0.0435. The lowest BCUT2D eigenvalue weighted by atomic mass is 9.98. The van der Waals surface area contributed by atoms with Crippen LogP contribution in [0, 0.1) is 17.2 Å². The van der Waals surface area contributed by atoms with Crippen LogP contribution in [0.5, 0.6) is 0 Å². The van der Waals surface area contributed by atoms with Gasteiger partial charge in [-0.3, -0.25) is 14.4 Å². The molecule has 0 unspecified atom stereocenters. The van der Waals surface area contributed by atoms with Crippen molar-refractivity contribution in [2.75, 3.05) is 7.11 Å². The monoisotopic (exact) mass is 400 g/mol. The van der Waals surface area contributed by atoms with Gasteiger partial charge >= 0.3 is 5.97 Å². The van der Waals surface area contributed by atoms with Crippen molar-refractivity contribution in [1.82, 2.24) is 16.0 Å². The van der Waals surface area contributed by atoms with E-state index in [4.69, 9.17) is 5.26 Å². The Bertz CT molecular complexity index is 805. The van der Waals surface area contributed by atoms with Gasteiger partial charge in [-0.1, -0.05) is 37.3 Å². The summed E-state index contributed by atoms with van der Waals surface area (Å²) in [6.07, 6.45) is 0.0533. The molecule has 3 amide bonds. The van der Waals surface area contributed by atoms with Gasteiger partial charge in [0.15, 0.2) is 0 Å². The molecule has 9 nitrogen and oxygen atoms in total. The van der Waals surface area contributed by atoms with Crippen LogP contribution < -0.4 is 16.0 Å². The highest BCUT2D eigenvalue weighted by Crippen LogP contribution is 2.11. The number of nitrogens with one attached hydrogen (secondary N) is 3. The first-order chi connectivity index (χ1) is 13.8. The number of carbonyl (C=O) groups excluding carboxylic acids is 4. The SMILES string of the molecule is COC(=O)[C@@H](NC(=O)C[C@@H]1NC(=O)[C@H](Cc2ccccc2)NC1=O)[C@H](C)CC#N. The number of carbonyl (C=O) groups is 4. The summed E-state index contributed by atoms with van der Waals surface area (Å²) < 4.78 is 4.67. The van der Waals surface area contributed by atoms with Gasteiger partial charge in [-0.2, -0.15) is 5.26 Å². The zero-order valence-corrected chi connectivity index (χ0v) is 16.3. The summed E-state index contributed by atoms with van der Waals surface area (Å²) in [5.41, 5.74) is 0.900. The minimum Gasteiger partial charge on any atom is -0.467 e. The summed E-state index contributed by atoms with van der Waals surface area (Å²) in [7, 11) is 1.18. The molecule has 0 aliphatic carbocycles. The van der Waals surface area contributed by atoms with Gasteiger partial charge in [0.05, 0.1) is 19.6 Å². The van der Waals surface area contributed by atoms with Gasteiger partial charge in [0.1, 0.15) is 18.1 Å². The van der Waals surface area contributed by atoms with Crippen LogP contribution in [-0.4, -0.2) is 48.9 Å². The second-order valence-corrected chi connectivity index (χ2v) is 6.92. The summed E-state index contributed by atoms with van der Waals surface area (Å²) >= 11 is 0. The topological polar surface area (TPSA) is 137 Å². The van der Waals surface area contributed by atoms with E-state index in [9.17, 15) is 19.2 Å². The molecular formula is C20H24N4O5. The van der Waals surface area contributed by atoms with Gasteiger partial charge in [0.2, 0.25) is 17.7 Å². The van der Waals surface area contributed by atoms with E-state index in [2.05, 4.69) is 20.7 Å². The first-order valence-electron chi connectivity index (χ1n) is 9.24. The van der Waals surface area contributed by atoms with Crippen molar-refractivity contribution in [1.29, 1.82) is 5.26 Å². The average molecular weight is 400 g/mol. The molecule has 0 spiro atoms. The van der Waals surface area contributed by atoms with Crippen molar-refractivity contribution < 1.29 is 23.9 Å². The molecular weight excluding hydrogens is 376 g/mol. The number of nitrogens with zero attached hydrogens (tertiary/aromatic N) is 1. The van der Waals surface area contributed by atoms with Crippen molar-refractivity contribution in [3.05, 3.63) is 35.9 Å². The van der Waals surface area contributed by atoms with Crippen molar-refractivity contribution in [3.8, 4) is 6.07 Å². The molecule has 1 aromatic rings. The highest BCUT2D eigenvalue weighted by molar-refractivity contribution is 5.99. The summed E-state index contributed by atoms with van der Waals surface area (Å²) in [6, 6.07) is 8.42. The summed E-state index contributed by atoms with van der Waals surface area (Å²) in [5, 5.41) is 16.5. The van der Waals surface area contributed by atoms with Crippen LogP contribution in [0.1, 0.15) is 25.3 Å². The van der Waals surface area contributed by atoms with E-state index in [0.717, 1.165) is 5.56 Å². The number of nitriles is 1. The normalized spacial score (nSPS) is 20.4. The Labute approximate surface area is 168 Å². The van der Waals surface area contributed by atoms with Crippen molar-refractivity contribution in [3.63, 3.8) is 0 Å². The standard InChI is InChI=1S/C20H24N4O5/c1-12(8-9-21)17(20(28)29-2)24-16(25)11-15-19(27)22-14(18(26)23-15)10-13-6-4-3-5-7-13/h3-7,12,14-15,17H,8,10-11H2,1-2H3,(H,22,27)(H,23,26)(H,24,25)/t12-,14+,15+,17+/m1/s1. The van der Waals surface area contributed by atoms with E-state index >= 15 is 0 Å². The fourth-order valence-corrected chi connectivity index (χ4v) is 3.05. The van der Waals surface area contributed by atoms with Crippen LogP contribution in [0.15, 0.2) is 30.3 Å². The average Bonchev–Trinajstić information content (AvgIpc) is 2.70. The lowest BCUT2D eigenvalue weighted by molar-refractivity contribution is -0.147. The van der Waals surface area contributed by atoms with E-state index in [1.807, 2.05) is 36.4 Å². The number of methoxy groups -OCH3 is 1. The lowest BCUT2D eigenvalue weighted by Crippen LogP contribution is -2.63. The van der Waals surface area contributed by atoms with Gasteiger partial charge in [-0.05, 0) is 5.56 Å². The van der Waals surface area contributed by atoms with Crippen LogP contribution in [0.2, 0.25) is 0 Å². The lowest BCUT2D eigenvalue weighted by Gasteiger charge is -2.30. The quantitative estimate of drug-likeness (QED) is 0.517. The fraction of sp³-hybridized carbons (Fsp3) is 0.450. The van der Waals surface area contributed by atoms with Crippen LogP contribution >= 0.6 is 0 Å². The number of hydrogen-bond donors (Lipinski definition) is 3. The molecule has 0 bridgehead atoms. The Hall–Kier alpha value is -3.41. The van der Waals surface area contributed by atoms with Gasteiger partial charge < -0.3 is 20.7 Å². The second-order valence-electron chi connectivity index (χ2n) is 6.92. The summed E-state index contributed by atoms with van der Waals surface area (Å²) in [5.74, 6) is -2.61. The Morgan fingerprint density at radius 3 is 2.41 bits per heavy atom. The second kappa shape index (κ2) is 10.2. The first-order valence-corrected chi connectivity index (χ1v) is 9.24. The molecule has 0 radical (unpaired) electrons. The van der Waals surface area contributed by atoms with Gasteiger partial charge in [0.25, 0.3) is 0 Å². The van der Waals surface area contributed by atoms with Crippen LogP contribution in [0.25, 0.3) is 0 Å². The minimum atomic E-state index is -1.04. The van der Waals surface area contributed by atoms with Crippen LogP contribution in [-0.2, 0) is 30.3 Å². The largest absolute Gasteiger partial charge is 0.467 e. The molecule has 9 heteroatoms. The fourth-order valence-electron chi connectivity index (χ4n) is 3.05. The number of amides is 3. The maximum atomic E-state index is 12.3. The highest BCUT2D eigenvalue weighted by atomic mass is 16.5. The summed E-state index contributed by atoms with van der Waals surface area (Å²) in [6.45, 7) is 1.63. The molecule has 0 saturated carbocycles. The molecule has 1 aliphatic heterocycles. The predicted octanol–water partition coefficient (Wildman–Crippen LogP) is -0.190. The maximum Gasteiger partial charge on any atom is 0.328 e. The number of benzene rings is 1. The maximum absolute atomic E-state index is 12.3. The van der Waals surface area contributed by atoms with Crippen molar-refractivity contribution in [2.45, 2.75) is 44.3 Å². The van der Waals surface area contributed by atoms with E-state index < -0.39 is 41.8 Å². The third-order valence-electron chi connectivity index (χ3n) is 4.69. The van der Waals surface area contributed by atoms with Crippen LogP contribution in [0.3, 0.4) is 0 Å². The number of ether oxygens (including phenoxy) is 1. The highest BCUT2D eigenvalue weighted by Gasteiger charge is 2.36. The number of esters is 1. The van der Waals surface area contributed by atoms with Gasteiger partial charge in [0, 0.05) is 18.8 Å². The Morgan fingerprint density at radius 1 is 1.17 bits per heavy atom. The van der Waals surface area contributed by atoms with E-state index in [-0.39, 0.29) is 18.7 Å². The van der Waals surface area contributed by atoms with Gasteiger partial charge in [-0.15, -0.1) is 0 Å². The molecule has 1 fully saturated rings. The molecule has 2 rings (SSSR count). The Morgan fingerprint density at radius 2 is 1.79 bits per heavy atom.